The van der Waals surface area contributed by atoms with Crippen LogP contribution >= 0.6 is 15.9 Å². The highest BCUT2D eigenvalue weighted by molar-refractivity contribution is 9.10. The number of nitrogens with zero attached hydrogens (tertiary/aromatic N) is 1. The van der Waals surface area contributed by atoms with Crippen molar-refractivity contribution in [2.24, 2.45) is 5.73 Å². The molecule has 2 rings (SSSR count). The van der Waals surface area contributed by atoms with E-state index in [9.17, 15) is 14.3 Å². The zero-order valence-corrected chi connectivity index (χ0v) is 12.0. The summed E-state index contributed by atoms with van der Waals surface area (Å²) in [6.45, 7) is 1.55. The van der Waals surface area contributed by atoms with Crippen molar-refractivity contribution in [3.05, 3.63) is 34.1 Å². The Balaban J connectivity index is 2.06. The number of likely N-dealkylation sites (tertiary alicyclic amines) is 1. The molecule has 0 spiro atoms. The summed E-state index contributed by atoms with van der Waals surface area (Å²) in [6, 6.07) is 4.79. The summed E-state index contributed by atoms with van der Waals surface area (Å²) in [5.74, 6) is -0.992. The van der Waals surface area contributed by atoms with Crippen molar-refractivity contribution in [1.29, 1.82) is 0 Å². The van der Waals surface area contributed by atoms with Crippen molar-refractivity contribution in [2.45, 2.75) is 25.0 Å². The molecule has 0 unspecified atom stereocenters. The number of rotatable bonds is 3. The first-order valence-corrected chi connectivity index (χ1v) is 6.88. The van der Waals surface area contributed by atoms with Crippen LogP contribution < -0.4 is 5.73 Å². The van der Waals surface area contributed by atoms with Crippen molar-refractivity contribution < 1.29 is 14.3 Å². The van der Waals surface area contributed by atoms with Gasteiger partial charge in [0.25, 0.3) is 5.91 Å². The first-order chi connectivity index (χ1) is 8.90. The van der Waals surface area contributed by atoms with Crippen molar-refractivity contribution in [1.82, 2.24) is 4.90 Å². The lowest BCUT2D eigenvalue weighted by Gasteiger charge is -2.37. The minimum Gasteiger partial charge on any atom is -0.379 e. The number of hydrogen-bond acceptors (Lipinski definition) is 3. The standard InChI is InChI=1S/C13H16BrFN2O2/c14-10-6-9(2-3-11(10)15)7-17-5-1-4-13(19,8-17)12(16)18/h2-3,6,19H,1,4-5,7-8H2,(H2,16,18)/t13-/m1/s1. The summed E-state index contributed by atoms with van der Waals surface area (Å²) in [4.78, 5) is 13.2. The molecule has 0 aliphatic carbocycles. The van der Waals surface area contributed by atoms with Crippen LogP contribution in [0.3, 0.4) is 0 Å². The summed E-state index contributed by atoms with van der Waals surface area (Å²) < 4.78 is 13.6. The van der Waals surface area contributed by atoms with Crippen molar-refractivity contribution in [2.75, 3.05) is 13.1 Å². The Morgan fingerprint density at radius 1 is 1.58 bits per heavy atom. The van der Waals surface area contributed by atoms with Crippen LogP contribution in [0.2, 0.25) is 0 Å². The fraction of sp³-hybridized carbons (Fsp3) is 0.462. The molecule has 1 aromatic carbocycles. The molecule has 0 saturated carbocycles. The number of hydrogen-bond donors (Lipinski definition) is 2. The van der Waals surface area contributed by atoms with Gasteiger partial charge in [0.15, 0.2) is 5.60 Å². The molecule has 0 radical (unpaired) electrons. The van der Waals surface area contributed by atoms with Gasteiger partial charge >= 0.3 is 0 Å². The quantitative estimate of drug-likeness (QED) is 0.880. The molecule has 104 valence electrons. The van der Waals surface area contributed by atoms with Gasteiger partial charge in [-0.1, -0.05) is 6.07 Å². The highest BCUT2D eigenvalue weighted by Crippen LogP contribution is 2.23. The van der Waals surface area contributed by atoms with Crippen LogP contribution in [0.5, 0.6) is 0 Å². The first kappa shape index (κ1) is 14.4. The van der Waals surface area contributed by atoms with Gasteiger partial charge in [0, 0.05) is 13.1 Å². The number of aliphatic hydroxyl groups is 1. The van der Waals surface area contributed by atoms with Crippen molar-refractivity contribution >= 4 is 21.8 Å². The molecular weight excluding hydrogens is 315 g/mol. The Morgan fingerprint density at radius 3 is 2.95 bits per heavy atom. The van der Waals surface area contributed by atoms with Crippen LogP contribution in [0.1, 0.15) is 18.4 Å². The van der Waals surface area contributed by atoms with E-state index in [2.05, 4.69) is 15.9 Å². The SMILES string of the molecule is NC(=O)[C@@]1(O)CCCN(Cc2ccc(F)c(Br)c2)C1. The highest BCUT2D eigenvalue weighted by Gasteiger charge is 2.38. The minimum absolute atomic E-state index is 0.220. The summed E-state index contributed by atoms with van der Waals surface area (Å²) >= 11 is 3.14. The molecule has 4 nitrogen and oxygen atoms in total. The maximum atomic E-state index is 13.1. The number of β-amino-alcohol motifs (C(OH)–C–C–N with tert-alkyl or cyclic N) is 1. The van der Waals surface area contributed by atoms with E-state index in [1.807, 2.05) is 4.90 Å². The van der Waals surface area contributed by atoms with E-state index in [-0.39, 0.29) is 12.4 Å². The van der Waals surface area contributed by atoms with Crippen LogP contribution in [-0.2, 0) is 11.3 Å². The van der Waals surface area contributed by atoms with Crippen LogP contribution in [0.25, 0.3) is 0 Å². The summed E-state index contributed by atoms with van der Waals surface area (Å²) in [5.41, 5.74) is 4.70. The normalized spacial score (nSPS) is 24.4. The van der Waals surface area contributed by atoms with Crippen LogP contribution in [0.4, 0.5) is 4.39 Å². The summed E-state index contributed by atoms with van der Waals surface area (Å²) in [7, 11) is 0. The van der Waals surface area contributed by atoms with Gasteiger partial charge < -0.3 is 10.8 Å². The summed E-state index contributed by atoms with van der Waals surface area (Å²) in [6.07, 6.45) is 1.10. The van der Waals surface area contributed by atoms with E-state index in [4.69, 9.17) is 5.73 Å². The third-order valence-corrected chi connectivity index (χ3v) is 4.01. The first-order valence-electron chi connectivity index (χ1n) is 6.09. The molecule has 1 saturated heterocycles. The molecule has 3 N–H and O–H groups in total. The van der Waals surface area contributed by atoms with Gasteiger partial charge in [-0.2, -0.15) is 0 Å². The lowest BCUT2D eigenvalue weighted by atomic mass is 9.92. The number of carbonyl (C=O) groups excluding carboxylic acids is 1. The predicted octanol–water partition coefficient (Wildman–Crippen LogP) is 1.40. The topological polar surface area (TPSA) is 66.6 Å². The maximum absolute atomic E-state index is 13.1. The Labute approximate surface area is 119 Å². The number of nitrogens with two attached hydrogens (primary N) is 1. The molecule has 1 atom stereocenters. The number of carbonyl (C=O) groups is 1. The largest absolute Gasteiger partial charge is 0.379 e. The Hall–Kier alpha value is -0.980. The molecular formula is C13H16BrFN2O2. The third kappa shape index (κ3) is 3.32. The number of halogens is 2. The van der Waals surface area contributed by atoms with Gasteiger partial charge in [-0.25, -0.2) is 4.39 Å². The lowest BCUT2D eigenvalue weighted by Crippen LogP contribution is -2.55. The molecule has 1 aliphatic rings. The fourth-order valence-electron chi connectivity index (χ4n) is 2.36. The predicted molar refractivity (Wildman–Crippen MR) is 72.8 cm³/mol. The van der Waals surface area contributed by atoms with Crippen LogP contribution in [0.15, 0.2) is 22.7 Å². The van der Waals surface area contributed by atoms with E-state index in [1.54, 1.807) is 12.1 Å². The molecule has 19 heavy (non-hydrogen) atoms. The zero-order valence-electron chi connectivity index (χ0n) is 10.4. The molecule has 1 aromatic rings. The van der Waals surface area contributed by atoms with E-state index in [0.717, 1.165) is 12.1 Å². The Bertz CT molecular complexity index is 498. The van der Waals surface area contributed by atoms with Crippen LogP contribution in [-0.4, -0.2) is 34.6 Å². The van der Waals surface area contributed by atoms with Crippen LogP contribution in [0, 0.1) is 5.82 Å². The van der Waals surface area contributed by atoms with Crippen molar-refractivity contribution in [3.63, 3.8) is 0 Å². The van der Waals surface area contributed by atoms with Gasteiger partial charge in [0.05, 0.1) is 4.47 Å². The van der Waals surface area contributed by atoms with Gasteiger partial charge in [-0.3, -0.25) is 9.69 Å². The molecule has 1 fully saturated rings. The van der Waals surface area contributed by atoms with Gasteiger partial charge in [0.2, 0.25) is 0 Å². The molecule has 0 bridgehead atoms. The number of piperidine rings is 1. The van der Waals surface area contributed by atoms with Crippen molar-refractivity contribution in [3.8, 4) is 0 Å². The number of primary amides is 1. The maximum Gasteiger partial charge on any atom is 0.250 e. The summed E-state index contributed by atoms with van der Waals surface area (Å²) in [5, 5.41) is 10.1. The average molecular weight is 331 g/mol. The molecule has 6 heteroatoms. The Morgan fingerprint density at radius 2 is 2.32 bits per heavy atom. The Kier molecular flexibility index (Phi) is 4.23. The second-order valence-corrected chi connectivity index (χ2v) is 5.81. The van der Waals surface area contributed by atoms with Gasteiger partial charge in [-0.15, -0.1) is 0 Å². The third-order valence-electron chi connectivity index (χ3n) is 3.40. The van der Waals surface area contributed by atoms with E-state index in [0.29, 0.717) is 23.9 Å². The van der Waals surface area contributed by atoms with E-state index < -0.39 is 11.5 Å². The smallest absolute Gasteiger partial charge is 0.250 e. The highest BCUT2D eigenvalue weighted by atomic mass is 79.9. The molecule has 0 aromatic heterocycles. The van der Waals surface area contributed by atoms with Gasteiger partial charge in [0.1, 0.15) is 5.82 Å². The average Bonchev–Trinajstić information content (AvgIpc) is 2.34. The number of amides is 1. The number of benzene rings is 1. The zero-order chi connectivity index (χ0) is 14.0. The monoisotopic (exact) mass is 330 g/mol. The lowest BCUT2D eigenvalue weighted by molar-refractivity contribution is -0.142. The van der Waals surface area contributed by atoms with E-state index in [1.165, 1.54) is 6.07 Å². The minimum atomic E-state index is -1.45. The second kappa shape index (κ2) is 5.56. The molecule has 1 amide bonds. The molecule has 1 aliphatic heterocycles. The van der Waals surface area contributed by atoms with E-state index >= 15 is 0 Å². The fourth-order valence-corrected chi connectivity index (χ4v) is 2.78. The van der Waals surface area contributed by atoms with Gasteiger partial charge in [-0.05, 0) is 53.0 Å². The molecule has 1 heterocycles. The second-order valence-electron chi connectivity index (χ2n) is 4.96.